The van der Waals surface area contributed by atoms with E-state index in [-0.39, 0.29) is 49.2 Å². The van der Waals surface area contributed by atoms with E-state index in [0.717, 1.165) is 15.8 Å². The Bertz CT molecular complexity index is 1740. The number of fused-ring (bicyclic) bond motifs is 1. The first-order chi connectivity index (χ1) is 22.7. The van der Waals surface area contributed by atoms with Crippen LogP contribution in [0.1, 0.15) is 52.2 Å². The number of sulfonamides is 1. The second kappa shape index (κ2) is 16.6. The van der Waals surface area contributed by atoms with Gasteiger partial charge in [-0.15, -0.1) is 11.3 Å². The number of aliphatic hydroxyl groups excluding tert-OH is 1. The molecule has 0 bridgehead atoms. The van der Waals surface area contributed by atoms with E-state index in [4.69, 9.17) is 0 Å². The van der Waals surface area contributed by atoms with E-state index in [9.17, 15) is 23.1 Å². The van der Waals surface area contributed by atoms with Crippen molar-refractivity contribution < 1.29 is 23.1 Å². The van der Waals surface area contributed by atoms with Gasteiger partial charge in [0, 0.05) is 26.1 Å². The van der Waals surface area contributed by atoms with Gasteiger partial charge < -0.3 is 10.4 Å². The molecule has 0 aliphatic carbocycles. The third kappa shape index (κ3) is 10.7. The summed E-state index contributed by atoms with van der Waals surface area (Å²) >= 11 is 1.35. The van der Waals surface area contributed by atoms with Crippen LogP contribution in [0.25, 0.3) is 10.2 Å². The summed E-state index contributed by atoms with van der Waals surface area (Å²) in [5, 5.41) is 16.3. The number of hydrogen-bond donors (Lipinski definition) is 3. The molecule has 0 radical (unpaired) electrons. The molecule has 4 rings (SSSR count). The van der Waals surface area contributed by atoms with Crippen LogP contribution in [-0.4, -0.2) is 71.4 Å². The summed E-state index contributed by atoms with van der Waals surface area (Å²) in [4.78, 5) is 31.6. The number of amides is 2. The summed E-state index contributed by atoms with van der Waals surface area (Å²) < 4.78 is 30.2. The van der Waals surface area contributed by atoms with Crippen molar-refractivity contribution in [3.05, 3.63) is 95.5 Å². The molecule has 4 aromatic rings. The van der Waals surface area contributed by atoms with E-state index >= 15 is 0 Å². The van der Waals surface area contributed by atoms with Crippen LogP contribution in [0, 0.1) is 11.3 Å². The minimum absolute atomic E-state index is 0.0549. The van der Waals surface area contributed by atoms with Crippen molar-refractivity contribution in [2.45, 2.75) is 71.0 Å². The Morgan fingerprint density at radius 1 is 0.938 bits per heavy atom. The monoisotopic (exact) mass is 693 g/mol. The largest absolute Gasteiger partial charge is 0.390 e. The van der Waals surface area contributed by atoms with Gasteiger partial charge in [-0.1, -0.05) is 95.3 Å². The summed E-state index contributed by atoms with van der Waals surface area (Å²) in [6, 6.07) is 22.8. The average molecular weight is 694 g/mol. The lowest BCUT2D eigenvalue weighted by Crippen LogP contribution is -2.60. The Balaban J connectivity index is 1.65. The van der Waals surface area contributed by atoms with Gasteiger partial charge in [-0.2, -0.15) is 4.31 Å². The number of nitrogens with one attached hydrogen (secondary N) is 2. The summed E-state index contributed by atoms with van der Waals surface area (Å²) in [5.41, 5.74) is 6.55. The Labute approximate surface area is 288 Å². The number of aromatic nitrogens is 1. The van der Waals surface area contributed by atoms with Crippen LogP contribution in [0.2, 0.25) is 0 Å². The van der Waals surface area contributed by atoms with Crippen LogP contribution < -0.4 is 10.7 Å². The van der Waals surface area contributed by atoms with Crippen LogP contribution in [0.4, 0.5) is 0 Å². The van der Waals surface area contributed by atoms with Crippen molar-refractivity contribution in [2.24, 2.45) is 11.3 Å². The van der Waals surface area contributed by atoms with Gasteiger partial charge in [-0.05, 0) is 47.1 Å². The fourth-order valence-corrected chi connectivity index (χ4v) is 7.81. The molecule has 0 aliphatic heterocycles. The van der Waals surface area contributed by atoms with Gasteiger partial charge >= 0.3 is 0 Å². The number of thiazole rings is 1. The average Bonchev–Trinajstić information content (AvgIpc) is 3.50. The minimum Gasteiger partial charge on any atom is -0.390 e. The normalized spacial score (nSPS) is 13.5. The zero-order chi connectivity index (χ0) is 34.9. The van der Waals surface area contributed by atoms with Gasteiger partial charge in [0.2, 0.25) is 15.9 Å². The van der Waals surface area contributed by atoms with Crippen LogP contribution in [0.15, 0.2) is 89.3 Å². The lowest BCUT2D eigenvalue weighted by atomic mass is 9.91. The highest BCUT2D eigenvalue weighted by molar-refractivity contribution is 7.89. The Morgan fingerprint density at radius 2 is 1.58 bits per heavy atom. The molecule has 2 amide bonds. The molecule has 258 valence electrons. The minimum atomic E-state index is -4.05. The van der Waals surface area contributed by atoms with E-state index in [1.54, 1.807) is 17.6 Å². The fourth-order valence-electron chi connectivity index (χ4n) is 5.37. The van der Waals surface area contributed by atoms with E-state index in [1.807, 2.05) is 95.3 Å². The van der Waals surface area contributed by atoms with Crippen LogP contribution in [0.5, 0.6) is 0 Å². The Kier molecular flexibility index (Phi) is 12.9. The smallest absolute Gasteiger partial charge is 0.252 e. The Hall–Kier alpha value is -3.68. The third-order valence-corrected chi connectivity index (χ3v) is 10.2. The quantitative estimate of drug-likeness (QED) is 0.149. The molecule has 12 heteroatoms. The van der Waals surface area contributed by atoms with Gasteiger partial charge in [0.25, 0.3) is 5.91 Å². The SMILES string of the molecule is CC(C)CN(C[C@@H](O)[C@H](Cc1ccccc1)N(NC(=O)CNCc1ccccc1)C(=O)CC(C)(C)C)S(=O)(=O)c1ccc2ncsc2c1. The van der Waals surface area contributed by atoms with Crippen molar-refractivity contribution in [1.82, 2.24) is 25.0 Å². The van der Waals surface area contributed by atoms with Crippen molar-refractivity contribution in [2.75, 3.05) is 19.6 Å². The molecular weight excluding hydrogens is 647 g/mol. The van der Waals surface area contributed by atoms with Crippen molar-refractivity contribution in [1.29, 1.82) is 0 Å². The molecule has 0 saturated carbocycles. The lowest BCUT2D eigenvalue weighted by Gasteiger charge is -2.38. The molecule has 3 N–H and O–H groups in total. The second-order valence-corrected chi connectivity index (χ2v) is 16.5. The highest BCUT2D eigenvalue weighted by Crippen LogP contribution is 2.26. The molecular formula is C36H47N5O5S2. The molecule has 1 aromatic heterocycles. The number of aliphatic hydroxyl groups is 1. The standard InChI is InChI=1S/C36H47N5O5S2/c1-26(2)23-40(48(45,46)29-16-17-30-33(19-29)47-25-38-30)24-32(42)31(18-27-12-8-6-9-13-27)41(35(44)20-36(3,4)5)39-34(43)22-37-21-28-14-10-7-11-15-28/h6-17,19,25-26,31-32,37,42H,18,20-24H2,1-5H3,(H,39,43)/t31-,32+/m0/s1. The van der Waals surface area contributed by atoms with Crippen molar-refractivity contribution in [3.8, 4) is 0 Å². The van der Waals surface area contributed by atoms with Crippen LogP contribution in [0.3, 0.4) is 0 Å². The molecule has 3 aromatic carbocycles. The molecule has 0 saturated heterocycles. The van der Waals surface area contributed by atoms with Crippen LogP contribution in [-0.2, 0) is 32.6 Å². The van der Waals surface area contributed by atoms with E-state index in [1.165, 1.54) is 26.7 Å². The predicted molar refractivity (Wildman–Crippen MR) is 190 cm³/mol. The zero-order valence-electron chi connectivity index (χ0n) is 28.3. The van der Waals surface area contributed by atoms with E-state index < -0.39 is 33.5 Å². The first-order valence-electron chi connectivity index (χ1n) is 16.1. The maximum atomic E-state index is 14.1. The fraction of sp³-hybridized carbons (Fsp3) is 0.417. The molecule has 1 heterocycles. The highest BCUT2D eigenvalue weighted by Gasteiger charge is 2.37. The molecule has 0 unspecified atom stereocenters. The molecule has 48 heavy (non-hydrogen) atoms. The third-order valence-electron chi connectivity index (χ3n) is 7.62. The summed E-state index contributed by atoms with van der Waals surface area (Å²) in [6.45, 7) is 9.81. The van der Waals surface area contributed by atoms with Gasteiger partial charge in [-0.25, -0.2) is 18.4 Å². The van der Waals surface area contributed by atoms with E-state index in [2.05, 4.69) is 15.7 Å². The first kappa shape index (κ1) is 37.1. The Morgan fingerprint density at radius 3 is 2.21 bits per heavy atom. The molecule has 10 nitrogen and oxygen atoms in total. The van der Waals surface area contributed by atoms with Crippen molar-refractivity contribution >= 4 is 43.4 Å². The topological polar surface area (TPSA) is 132 Å². The summed E-state index contributed by atoms with van der Waals surface area (Å²) in [6.07, 6.45) is -1.09. The number of hydrogen-bond acceptors (Lipinski definition) is 8. The lowest BCUT2D eigenvalue weighted by molar-refractivity contribution is -0.149. The highest BCUT2D eigenvalue weighted by atomic mass is 32.2. The summed E-state index contributed by atoms with van der Waals surface area (Å²) in [7, 11) is -4.05. The van der Waals surface area contributed by atoms with E-state index in [0.29, 0.717) is 12.1 Å². The number of benzene rings is 3. The van der Waals surface area contributed by atoms with Crippen LogP contribution >= 0.6 is 11.3 Å². The summed E-state index contributed by atoms with van der Waals surface area (Å²) in [5.74, 6) is -0.892. The molecule has 0 spiro atoms. The zero-order valence-corrected chi connectivity index (χ0v) is 29.9. The number of rotatable bonds is 15. The molecule has 0 aliphatic rings. The van der Waals surface area contributed by atoms with Gasteiger partial charge in [0.05, 0.1) is 39.3 Å². The molecule has 0 fully saturated rings. The van der Waals surface area contributed by atoms with Crippen molar-refractivity contribution in [3.63, 3.8) is 0 Å². The van der Waals surface area contributed by atoms with Gasteiger partial charge in [0.15, 0.2) is 0 Å². The maximum Gasteiger partial charge on any atom is 0.252 e. The number of carbonyl (C=O) groups excluding carboxylic acids is 2. The molecule has 2 atom stereocenters. The second-order valence-electron chi connectivity index (χ2n) is 13.6. The van der Waals surface area contributed by atoms with Gasteiger partial charge in [0.1, 0.15) is 0 Å². The van der Waals surface area contributed by atoms with Gasteiger partial charge in [-0.3, -0.25) is 15.0 Å². The predicted octanol–water partition coefficient (Wildman–Crippen LogP) is 5.00. The first-order valence-corrected chi connectivity index (χ1v) is 18.5. The number of hydrazine groups is 1. The maximum absolute atomic E-state index is 14.1. The number of carbonyl (C=O) groups is 2. The number of nitrogens with zero attached hydrogens (tertiary/aromatic N) is 3.